The van der Waals surface area contributed by atoms with Crippen LogP contribution in [0.1, 0.15) is 12.5 Å². The Labute approximate surface area is 107 Å². The molecule has 0 heterocycles. The van der Waals surface area contributed by atoms with Crippen LogP contribution in [0.25, 0.3) is 0 Å². The van der Waals surface area contributed by atoms with Gasteiger partial charge in [-0.05, 0) is 35.0 Å². The molecule has 92 valence electrons. The lowest BCUT2D eigenvalue weighted by Crippen LogP contribution is -2.42. The molecule has 0 bridgehead atoms. The Morgan fingerprint density at radius 2 is 2.06 bits per heavy atom. The fourth-order valence-corrected chi connectivity index (χ4v) is 1.62. The van der Waals surface area contributed by atoms with Gasteiger partial charge in [0.25, 0.3) is 0 Å². The average Bonchev–Trinajstić information content (AvgIpc) is 2.35. The summed E-state index contributed by atoms with van der Waals surface area (Å²) in [6.07, 6.45) is 0. The smallest absolute Gasteiger partial charge is 0.161 e. The first kappa shape index (κ1) is 13.9. The lowest BCUT2D eigenvalue weighted by atomic mass is 10.0. The lowest BCUT2D eigenvalue weighted by molar-refractivity contribution is 0.147. The topological polar surface area (TPSA) is 76.3 Å². The van der Waals surface area contributed by atoms with Crippen molar-refractivity contribution in [1.29, 1.82) is 5.26 Å². The monoisotopic (exact) mass is 302 g/mol. The zero-order chi connectivity index (χ0) is 13.1. The van der Waals surface area contributed by atoms with Gasteiger partial charge in [-0.25, -0.2) is 4.39 Å². The Balaban J connectivity index is 3.10. The number of nitriles is 1. The molecule has 0 fully saturated rings. The number of aliphatic hydroxyl groups excluding tert-OH is 2. The van der Waals surface area contributed by atoms with E-state index >= 15 is 0 Å². The minimum atomic E-state index is -1.02. The molecule has 0 aliphatic rings. The van der Waals surface area contributed by atoms with Crippen molar-refractivity contribution in [1.82, 2.24) is 0 Å². The van der Waals surface area contributed by atoms with Crippen LogP contribution in [0.2, 0.25) is 0 Å². The van der Waals surface area contributed by atoms with Crippen molar-refractivity contribution in [2.45, 2.75) is 12.5 Å². The van der Waals surface area contributed by atoms with Gasteiger partial charge < -0.3 is 15.5 Å². The number of anilines is 1. The second-order valence-electron chi connectivity index (χ2n) is 3.90. The summed E-state index contributed by atoms with van der Waals surface area (Å²) in [6, 6.07) is 4.68. The predicted octanol–water partition coefficient (Wildman–Crippen LogP) is 1.62. The maximum atomic E-state index is 13.8. The molecule has 1 aromatic carbocycles. The summed E-state index contributed by atoms with van der Waals surface area (Å²) in [5.41, 5.74) is -0.724. The second kappa shape index (κ2) is 5.45. The van der Waals surface area contributed by atoms with Crippen molar-refractivity contribution in [3.8, 4) is 6.07 Å². The summed E-state index contributed by atoms with van der Waals surface area (Å²) >= 11 is 2.98. The van der Waals surface area contributed by atoms with Crippen molar-refractivity contribution in [2.75, 3.05) is 18.5 Å². The molecule has 0 spiro atoms. The van der Waals surface area contributed by atoms with Crippen LogP contribution in [-0.4, -0.2) is 29.0 Å². The summed E-state index contributed by atoms with van der Waals surface area (Å²) in [6.45, 7) is 0.861. The van der Waals surface area contributed by atoms with Crippen molar-refractivity contribution in [2.24, 2.45) is 0 Å². The van der Waals surface area contributed by atoms with Gasteiger partial charge >= 0.3 is 0 Å². The van der Waals surface area contributed by atoms with Gasteiger partial charge in [-0.1, -0.05) is 0 Å². The fourth-order valence-electron chi connectivity index (χ4n) is 1.19. The maximum absolute atomic E-state index is 13.8. The van der Waals surface area contributed by atoms with Crippen molar-refractivity contribution in [3.63, 3.8) is 0 Å². The van der Waals surface area contributed by atoms with Crippen LogP contribution in [-0.2, 0) is 0 Å². The molecule has 3 N–H and O–H groups in total. The van der Waals surface area contributed by atoms with Gasteiger partial charge in [0, 0.05) is 0 Å². The van der Waals surface area contributed by atoms with Gasteiger partial charge in [0.1, 0.15) is 6.07 Å². The van der Waals surface area contributed by atoms with Crippen LogP contribution in [0.5, 0.6) is 0 Å². The minimum Gasteiger partial charge on any atom is -0.394 e. The number of halogens is 2. The Morgan fingerprint density at radius 3 is 2.53 bits per heavy atom. The van der Waals surface area contributed by atoms with Gasteiger partial charge in [-0.3, -0.25) is 0 Å². The first-order valence-electron chi connectivity index (χ1n) is 4.85. The Kier molecular flexibility index (Phi) is 4.46. The molecule has 0 unspecified atom stereocenters. The number of hydrogen-bond acceptors (Lipinski definition) is 4. The minimum absolute atomic E-state index is 0.0585. The number of nitrogens with one attached hydrogen (secondary N) is 1. The predicted molar refractivity (Wildman–Crippen MR) is 65.0 cm³/mol. The highest BCUT2D eigenvalue weighted by molar-refractivity contribution is 9.10. The highest BCUT2D eigenvalue weighted by Crippen LogP contribution is 2.28. The number of benzene rings is 1. The third-order valence-corrected chi connectivity index (χ3v) is 3.11. The van der Waals surface area contributed by atoms with E-state index in [1.54, 1.807) is 6.92 Å². The highest BCUT2D eigenvalue weighted by atomic mass is 79.9. The molecule has 0 aliphatic carbocycles. The van der Waals surface area contributed by atoms with E-state index in [1.165, 1.54) is 12.1 Å². The molecule has 0 radical (unpaired) electrons. The molecule has 0 aliphatic heterocycles. The molecule has 0 amide bonds. The van der Waals surface area contributed by atoms with Crippen molar-refractivity contribution < 1.29 is 14.6 Å². The first-order valence-corrected chi connectivity index (χ1v) is 5.64. The number of hydrogen-bond donors (Lipinski definition) is 3. The summed E-state index contributed by atoms with van der Waals surface area (Å²) in [4.78, 5) is 0. The van der Waals surface area contributed by atoms with E-state index in [9.17, 15) is 4.39 Å². The largest absolute Gasteiger partial charge is 0.394 e. The van der Waals surface area contributed by atoms with E-state index in [0.717, 1.165) is 0 Å². The van der Waals surface area contributed by atoms with Gasteiger partial charge in [-0.2, -0.15) is 5.26 Å². The quantitative estimate of drug-likeness (QED) is 0.790. The van der Waals surface area contributed by atoms with E-state index in [2.05, 4.69) is 21.2 Å². The van der Waals surface area contributed by atoms with E-state index in [4.69, 9.17) is 15.5 Å². The number of rotatable bonds is 4. The summed E-state index contributed by atoms with van der Waals surface area (Å²) in [5, 5.41) is 29.6. The van der Waals surface area contributed by atoms with Crippen LogP contribution in [0.15, 0.2) is 16.6 Å². The third-order valence-electron chi connectivity index (χ3n) is 2.34. The molecule has 0 atom stereocenters. The summed E-state index contributed by atoms with van der Waals surface area (Å²) in [7, 11) is 0. The van der Waals surface area contributed by atoms with Gasteiger partial charge in [0.2, 0.25) is 0 Å². The van der Waals surface area contributed by atoms with Crippen LogP contribution in [0.4, 0.5) is 10.1 Å². The Morgan fingerprint density at radius 1 is 1.47 bits per heavy atom. The van der Waals surface area contributed by atoms with Crippen molar-refractivity contribution in [3.05, 3.63) is 28.0 Å². The molecule has 17 heavy (non-hydrogen) atoms. The molecule has 6 heteroatoms. The average molecular weight is 303 g/mol. The van der Waals surface area contributed by atoms with E-state index in [-0.39, 0.29) is 28.9 Å². The summed E-state index contributed by atoms with van der Waals surface area (Å²) < 4.78 is 13.9. The van der Waals surface area contributed by atoms with Crippen LogP contribution >= 0.6 is 15.9 Å². The van der Waals surface area contributed by atoms with Gasteiger partial charge in [0.05, 0.1) is 34.5 Å². The zero-order valence-corrected chi connectivity index (χ0v) is 10.8. The van der Waals surface area contributed by atoms with Crippen LogP contribution < -0.4 is 5.32 Å². The van der Waals surface area contributed by atoms with E-state index in [1.807, 2.05) is 6.07 Å². The maximum Gasteiger partial charge on any atom is 0.161 e. The second-order valence-corrected chi connectivity index (χ2v) is 4.70. The first-order chi connectivity index (χ1) is 7.97. The number of aliphatic hydroxyl groups is 2. The molecular formula is C11H12BrFN2O2. The van der Waals surface area contributed by atoms with Crippen LogP contribution in [0, 0.1) is 17.1 Å². The standard InChI is InChI=1S/C11H12BrFN2O2/c1-11(5-16,6-17)15-8-3-2-7(4-14)9(12)10(8)13/h2-3,15-17H,5-6H2,1H3. The number of nitrogens with zero attached hydrogens (tertiary/aromatic N) is 1. The normalized spacial score (nSPS) is 11.1. The fraction of sp³-hybridized carbons (Fsp3) is 0.364. The van der Waals surface area contributed by atoms with E-state index in [0.29, 0.717) is 0 Å². The lowest BCUT2D eigenvalue weighted by Gasteiger charge is -2.27. The highest BCUT2D eigenvalue weighted by Gasteiger charge is 2.24. The zero-order valence-electron chi connectivity index (χ0n) is 9.17. The molecule has 0 aromatic heterocycles. The van der Waals surface area contributed by atoms with Crippen LogP contribution in [0.3, 0.4) is 0 Å². The third kappa shape index (κ3) is 2.94. The van der Waals surface area contributed by atoms with Gasteiger partial charge in [-0.15, -0.1) is 0 Å². The molecule has 1 aromatic rings. The van der Waals surface area contributed by atoms with E-state index < -0.39 is 11.4 Å². The Bertz CT molecular complexity index is 456. The molecule has 1 rings (SSSR count). The van der Waals surface area contributed by atoms with Gasteiger partial charge in [0.15, 0.2) is 5.82 Å². The molecular weight excluding hydrogens is 291 g/mol. The molecule has 4 nitrogen and oxygen atoms in total. The Hall–Kier alpha value is -1.16. The SMILES string of the molecule is CC(CO)(CO)Nc1ccc(C#N)c(Br)c1F. The van der Waals surface area contributed by atoms with Crippen molar-refractivity contribution >= 4 is 21.6 Å². The summed E-state index contributed by atoms with van der Waals surface area (Å²) in [5.74, 6) is -0.628. The molecule has 0 saturated carbocycles. The molecule has 0 saturated heterocycles.